The number of anilines is 2. The summed E-state index contributed by atoms with van der Waals surface area (Å²) in [5.41, 5.74) is -0.348. The topological polar surface area (TPSA) is 75.4 Å². The molecule has 0 amide bonds. The Morgan fingerprint density at radius 3 is 2.72 bits per heavy atom. The van der Waals surface area contributed by atoms with Crippen molar-refractivity contribution in [1.82, 2.24) is 4.98 Å². The molecular weight excluding hydrogens is 246 g/mol. The van der Waals surface area contributed by atoms with Gasteiger partial charge in [-0.3, -0.25) is 0 Å². The summed E-state index contributed by atoms with van der Waals surface area (Å²) < 4.78 is 31.5. The molecule has 5 nitrogen and oxygen atoms in total. The highest BCUT2D eigenvalue weighted by atomic mass is 19.1. The number of benzene rings is 1. The van der Waals surface area contributed by atoms with Gasteiger partial charge >= 0.3 is 5.97 Å². The van der Waals surface area contributed by atoms with E-state index in [4.69, 9.17) is 9.52 Å². The number of carbonyl (C=O) groups is 1. The zero-order chi connectivity index (χ0) is 13.3. The van der Waals surface area contributed by atoms with E-state index < -0.39 is 17.6 Å². The van der Waals surface area contributed by atoms with Crippen LogP contribution in [0, 0.1) is 18.6 Å². The maximum absolute atomic E-state index is 13.5. The standard InChI is InChI=1S/C11H8F2N2O3/c1-5-2-7(13)8(3-6(5)12)14-11-15-9(4-18-11)10(16)17/h2-4H,1H3,(H,14,15)(H,16,17). The maximum Gasteiger partial charge on any atom is 0.357 e. The minimum Gasteiger partial charge on any atom is -0.476 e. The summed E-state index contributed by atoms with van der Waals surface area (Å²) in [4.78, 5) is 14.1. The van der Waals surface area contributed by atoms with Gasteiger partial charge in [0.2, 0.25) is 0 Å². The monoisotopic (exact) mass is 254 g/mol. The summed E-state index contributed by atoms with van der Waals surface area (Å²) >= 11 is 0. The third-order valence-electron chi connectivity index (χ3n) is 2.21. The second-order valence-corrected chi connectivity index (χ2v) is 3.55. The number of oxazole rings is 1. The first-order valence-corrected chi connectivity index (χ1v) is 4.89. The Bertz CT molecular complexity index is 610. The van der Waals surface area contributed by atoms with Crippen LogP contribution < -0.4 is 5.32 Å². The van der Waals surface area contributed by atoms with Crippen LogP contribution in [0.25, 0.3) is 0 Å². The summed E-state index contributed by atoms with van der Waals surface area (Å²) in [5, 5.41) is 11.0. The van der Waals surface area contributed by atoms with Crippen LogP contribution in [-0.2, 0) is 0 Å². The third kappa shape index (κ3) is 2.29. The number of carboxylic acids is 1. The largest absolute Gasteiger partial charge is 0.476 e. The smallest absolute Gasteiger partial charge is 0.357 e. The normalized spacial score (nSPS) is 10.4. The highest BCUT2D eigenvalue weighted by Crippen LogP contribution is 2.22. The lowest BCUT2D eigenvalue weighted by Gasteiger charge is -2.05. The van der Waals surface area contributed by atoms with E-state index in [1.807, 2.05) is 0 Å². The van der Waals surface area contributed by atoms with Gasteiger partial charge in [0.25, 0.3) is 6.01 Å². The first-order chi connectivity index (χ1) is 8.47. The highest BCUT2D eigenvalue weighted by molar-refractivity contribution is 5.85. The molecule has 2 rings (SSSR count). The molecule has 0 spiro atoms. The van der Waals surface area contributed by atoms with Gasteiger partial charge in [0, 0.05) is 6.07 Å². The summed E-state index contributed by atoms with van der Waals surface area (Å²) in [5.74, 6) is -2.56. The average molecular weight is 254 g/mol. The van der Waals surface area contributed by atoms with Gasteiger partial charge in [-0.2, -0.15) is 4.98 Å². The molecule has 1 heterocycles. The van der Waals surface area contributed by atoms with Gasteiger partial charge in [0.1, 0.15) is 17.9 Å². The van der Waals surface area contributed by atoms with Crippen LogP contribution in [0.2, 0.25) is 0 Å². The van der Waals surface area contributed by atoms with Crippen molar-refractivity contribution in [3.8, 4) is 0 Å². The van der Waals surface area contributed by atoms with E-state index >= 15 is 0 Å². The van der Waals surface area contributed by atoms with E-state index in [0.717, 1.165) is 18.4 Å². The quantitative estimate of drug-likeness (QED) is 0.880. The molecule has 2 aromatic rings. The highest BCUT2D eigenvalue weighted by Gasteiger charge is 2.13. The Hall–Kier alpha value is -2.44. The Kier molecular flexibility index (Phi) is 2.97. The minimum absolute atomic E-state index is 0.164. The first-order valence-electron chi connectivity index (χ1n) is 4.89. The number of hydrogen-bond acceptors (Lipinski definition) is 4. The van der Waals surface area contributed by atoms with Crippen molar-refractivity contribution in [2.24, 2.45) is 0 Å². The van der Waals surface area contributed by atoms with Crippen LogP contribution in [0.15, 0.2) is 22.8 Å². The Labute approximate surface area is 100 Å². The lowest BCUT2D eigenvalue weighted by molar-refractivity contribution is 0.0690. The number of aryl methyl sites for hydroxylation is 1. The number of aromatic nitrogens is 1. The van der Waals surface area contributed by atoms with Crippen molar-refractivity contribution >= 4 is 17.7 Å². The van der Waals surface area contributed by atoms with Crippen molar-refractivity contribution in [3.63, 3.8) is 0 Å². The lowest BCUT2D eigenvalue weighted by atomic mass is 10.2. The Balaban J connectivity index is 2.28. The van der Waals surface area contributed by atoms with Crippen LogP contribution in [-0.4, -0.2) is 16.1 Å². The number of aromatic carboxylic acids is 1. The fourth-order valence-corrected chi connectivity index (χ4v) is 1.29. The average Bonchev–Trinajstić information content (AvgIpc) is 2.74. The van der Waals surface area contributed by atoms with Crippen LogP contribution in [0.4, 0.5) is 20.5 Å². The molecule has 0 aliphatic carbocycles. The summed E-state index contributed by atoms with van der Waals surface area (Å²) in [7, 11) is 0. The number of hydrogen-bond donors (Lipinski definition) is 2. The number of rotatable bonds is 3. The first kappa shape index (κ1) is 12.0. The van der Waals surface area contributed by atoms with Gasteiger partial charge in [-0.25, -0.2) is 13.6 Å². The fraction of sp³-hybridized carbons (Fsp3) is 0.0909. The van der Waals surface area contributed by atoms with E-state index in [0.29, 0.717) is 0 Å². The van der Waals surface area contributed by atoms with E-state index in [1.54, 1.807) is 0 Å². The summed E-state index contributed by atoms with van der Waals surface area (Å²) in [6, 6.07) is 1.73. The molecule has 0 aliphatic rings. The number of nitrogens with zero attached hydrogens (tertiary/aromatic N) is 1. The summed E-state index contributed by atoms with van der Waals surface area (Å²) in [6.45, 7) is 1.43. The molecule has 18 heavy (non-hydrogen) atoms. The molecule has 2 N–H and O–H groups in total. The molecule has 7 heteroatoms. The van der Waals surface area contributed by atoms with Crippen molar-refractivity contribution in [3.05, 3.63) is 41.3 Å². The molecule has 0 fully saturated rings. The Morgan fingerprint density at radius 2 is 2.11 bits per heavy atom. The van der Waals surface area contributed by atoms with Crippen LogP contribution in [0.1, 0.15) is 16.1 Å². The fourth-order valence-electron chi connectivity index (χ4n) is 1.29. The Morgan fingerprint density at radius 1 is 1.39 bits per heavy atom. The van der Waals surface area contributed by atoms with Gasteiger partial charge in [0.05, 0.1) is 5.69 Å². The predicted octanol–water partition coefficient (Wildman–Crippen LogP) is 2.70. The van der Waals surface area contributed by atoms with Crippen molar-refractivity contribution in [1.29, 1.82) is 0 Å². The number of carboxylic acid groups (broad SMARTS) is 1. The van der Waals surface area contributed by atoms with Crippen LogP contribution in [0.5, 0.6) is 0 Å². The minimum atomic E-state index is -1.28. The summed E-state index contributed by atoms with van der Waals surface area (Å²) in [6.07, 6.45) is 0.896. The van der Waals surface area contributed by atoms with Gasteiger partial charge in [-0.15, -0.1) is 0 Å². The molecule has 0 unspecified atom stereocenters. The zero-order valence-corrected chi connectivity index (χ0v) is 9.20. The molecule has 1 aromatic heterocycles. The van der Waals surface area contributed by atoms with E-state index in [-0.39, 0.29) is 23.0 Å². The predicted molar refractivity (Wildman–Crippen MR) is 57.8 cm³/mol. The van der Waals surface area contributed by atoms with Crippen molar-refractivity contribution < 1.29 is 23.1 Å². The SMILES string of the molecule is Cc1cc(F)c(Nc2nc(C(=O)O)co2)cc1F. The van der Waals surface area contributed by atoms with Gasteiger partial charge in [-0.1, -0.05) is 0 Å². The van der Waals surface area contributed by atoms with Gasteiger partial charge in [0.15, 0.2) is 5.69 Å². The molecule has 0 atom stereocenters. The number of halogens is 2. The molecule has 94 valence electrons. The molecule has 0 radical (unpaired) electrons. The van der Waals surface area contributed by atoms with Crippen LogP contribution >= 0.6 is 0 Å². The third-order valence-corrected chi connectivity index (χ3v) is 2.21. The van der Waals surface area contributed by atoms with E-state index in [2.05, 4.69) is 10.3 Å². The van der Waals surface area contributed by atoms with Crippen LogP contribution in [0.3, 0.4) is 0 Å². The van der Waals surface area contributed by atoms with E-state index in [1.165, 1.54) is 6.92 Å². The number of nitrogens with one attached hydrogen (secondary N) is 1. The van der Waals surface area contributed by atoms with Crippen molar-refractivity contribution in [2.75, 3.05) is 5.32 Å². The molecule has 0 saturated carbocycles. The maximum atomic E-state index is 13.5. The van der Waals surface area contributed by atoms with Gasteiger partial charge < -0.3 is 14.8 Å². The van der Waals surface area contributed by atoms with Gasteiger partial charge in [-0.05, 0) is 18.6 Å². The molecule has 0 saturated heterocycles. The van der Waals surface area contributed by atoms with E-state index in [9.17, 15) is 13.6 Å². The zero-order valence-electron chi connectivity index (χ0n) is 9.20. The molecule has 0 aliphatic heterocycles. The molecule has 0 bridgehead atoms. The second-order valence-electron chi connectivity index (χ2n) is 3.55. The van der Waals surface area contributed by atoms with Crippen molar-refractivity contribution in [2.45, 2.75) is 6.92 Å². The second kappa shape index (κ2) is 4.44. The lowest BCUT2D eigenvalue weighted by Crippen LogP contribution is -1.99. The molecule has 1 aromatic carbocycles. The molecular formula is C11H8F2N2O3.